The zero-order valence-corrected chi connectivity index (χ0v) is 19.5. The van der Waals surface area contributed by atoms with Crippen molar-refractivity contribution in [2.45, 2.75) is 51.6 Å². The van der Waals surface area contributed by atoms with Gasteiger partial charge >= 0.3 is 0 Å². The van der Waals surface area contributed by atoms with E-state index in [1.807, 2.05) is 13.8 Å². The Balaban J connectivity index is 0.00000119. The van der Waals surface area contributed by atoms with Crippen molar-refractivity contribution in [3.8, 4) is 0 Å². The molecule has 3 saturated carbocycles. The largest absolute Gasteiger partial charge is 0.396 e. The summed E-state index contributed by atoms with van der Waals surface area (Å²) < 4.78 is 6.87. The highest BCUT2D eigenvalue weighted by Gasteiger charge is 2.66. The maximum Gasteiger partial charge on any atom is 0.143 e. The van der Waals surface area contributed by atoms with Crippen LogP contribution in [0.25, 0.3) is 0 Å². The zero-order valence-electron chi connectivity index (χ0n) is 19.5. The quantitative estimate of drug-likeness (QED) is 0.295. The molecular weight excluding hydrogens is 392 g/mol. The predicted molar refractivity (Wildman–Crippen MR) is 132 cm³/mol. The van der Waals surface area contributed by atoms with E-state index in [2.05, 4.69) is 91.0 Å². The van der Waals surface area contributed by atoms with Gasteiger partial charge in [-0.25, -0.2) is 0 Å². The molecule has 0 radical (unpaired) electrons. The van der Waals surface area contributed by atoms with Gasteiger partial charge in [-0.15, -0.1) is 0 Å². The third-order valence-corrected chi connectivity index (χ3v) is 7.30. The van der Waals surface area contributed by atoms with Crippen LogP contribution in [0.2, 0.25) is 0 Å². The van der Waals surface area contributed by atoms with Crippen molar-refractivity contribution >= 4 is 0 Å². The van der Waals surface area contributed by atoms with Crippen LogP contribution in [0.4, 0.5) is 0 Å². The summed E-state index contributed by atoms with van der Waals surface area (Å²) in [6.07, 6.45) is 5.87. The van der Waals surface area contributed by atoms with Gasteiger partial charge in [0.1, 0.15) is 5.60 Å². The molecule has 0 spiro atoms. The van der Waals surface area contributed by atoms with Crippen LogP contribution in [0.3, 0.4) is 0 Å². The smallest absolute Gasteiger partial charge is 0.143 e. The fourth-order valence-corrected chi connectivity index (χ4v) is 6.11. The number of benzene rings is 3. The van der Waals surface area contributed by atoms with Crippen molar-refractivity contribution in [3.05, 3.63) is 108 Å². The lowest BCUT2D eigenvalue weighted by molar-refractivity contribution is -0.228. The van der Waals surface area contributed by atoms with Crippen LogP contribution < -0.4 is 0 Å². The summed E-state index contributed by atoms with van der Waals surface area (Å²) in [7, 11) is 0. The first-order valence-corrected chi connectivity index (χ1v) is 12.1. The summed E-state index contributed by atoms with van der Waals surface area (Å²) in [5.74, 6) is 0. The van der Waals surface area contributed by atoms with Crippen LogP contribution in [0.1, 0.15) is 62.6 Å². The van der Waals surface area contributed by atoms with E-state index in [1.54, 1.807) is 0 Å². The fraction of sp³-hybridized carbons (Fsp3) is 0.400. The van der Waals surface area contributed by atoms with Crippen molar-refractivity contribution in [3.63, 3.8) is 0 Å². The summed E-state index contributed by atoms with van der Waals surface area (Å²) in [4.78, 5) is 0. The Morgan fingerprint density at radius 2 is 1.09 bits per heavy atom. The number of hydrogen-bond donors (Lipinski definition) is 1. The lowest BCUT2D eigenvalue weighted by atomic mass is 9.34. The molecule has 0 unspecified atom stereocenters. The van der Waals surface area contributed by atoms with Crippen molar-refractivity contribution in [2.75, 3.05) is 13.2 Å². The summed E-state index contributed by atoms with van der Waals surface area (Å²) in [6.45, 7) is 5.08. The van der Waals surface area contributed by atoms with E-state index < -0.39 is 5.60 Å². The molecule has 2 bridgehead atoms. The maximum absolute atomic E-state index is 9.53. The lowest BCUT2D eigenvalue weighted by Gasteiger charge is -2.71. The second-order valence-electron chi connectivity index (χ2n) is 9.42. The molecule has 3 fully saturated rings. The highest BCUT2D eigenvalue weighted by molar-refractivity contribution is 5.47. The van der Waals surface area contributed by atoms with Crippen molar-refractivity contribution in [2.24, 2.45) is 10.8 Å². The van der Waals surface area contributed by atoms with E-state index in [4.69, 9.17) is 4.74 Å². The van der Waals surface area contributed by atoms with Crippen LogP contribution in [-0.2, 0) is 10.3 Å². The average Bonchev–Trinajstić information content (AvgIpc) is 2.83. The summed E-state index contributed by atoms with van der Waals surface area (Å²) in [5.41, 5.74) is 3.63. The Kier molecular flexibility index (Phi) is 6.83. The maximum atomic E-state index is 9.53. The Hall–Kier alpha value is -2.42. The molecule has 3 aromatic carbocycles. The monoisotopic (exact) mass is 428 g/mol. The first-order chi connectivity index (χ1) is 15.7. The second kappa shape index (κ2) is 9.60. The molecule has 6 rings (SSSR count). The summed E-state index contributed by atoms with van der Waals surface area (Å²) in [6, 6.07) is 31.8. The van der Waals surface area contributed by atoms with Gasteiger partial charge in [0.15, 0.2) is 0 Å². The van der Waals surface area contributed by atoms with E-state index in [0.29, 0.717) is 18.6 Å². The third-order valence-electron chi connectivity index (χ3n) is 7.30. The molecule has 1 N–H and O–H groups in total. The first-order valence-electron chi connectivity index (χ1n) is 12.1. The van der Waals surface area contributed by atoms with Gasteiger partial charge in [0, 0.05) is 13.2 Å². The van der Waals surface area contributed by atoms with Crippen LogP contribution in [0.5, 0.6) is 0 Å². The molecule has 3 aliphatic rings. The minimum atomic E-state index is -0.616. The molecule has 0 amide bonds. The van der Waals surface area contributed by atoms with Crippen LogP contribution in [0.15, 0.2) is 91.0 Å². The van der Waals surface area contributed by atoms with Crippen LogP contribution in [0, 0.1) is 10.8 Å². The van der Waals surface area contributed by atoms with Crippen LogP contribution in [-0.4, -0.2) is 18.3 Å². The van der Waals surface area contributed by atoms with Crippen molar-refractivity contribution in [1.82, 2.24) is 0 Å². The van der Waals surface area contributed by atoms with Gasteiger partial charge in [0.05, 0.1) is 0 Å². The van der Waals surface area contributed by atoms with E-state index in [9.17, 15) is 5.11 Å². The van der Waals surface area contributed by atoms with Crippen LogP contribution >= 0.6 is 0 Å². The van der Waals surface area contributed by atoms with Gasteiger partial charge in [0.2, 0.25) is 0 Å². The van der Waals surface area contributed by atoms with Gasteiger partial charge in [-0.1, -0.05) is 105 Å². The summed E-state index contributed by atoms with van der Waals surface area (Å²) >= 11 is 0. The number of ether oxygens (including phenoxy) is 1. The number of aliphatic hydroxyl groups is 1. The normalized spacial score (nSPS) is 23.3. The van der Waals surface area contributed by atoms with Gasteiger partial charge in [-0.3, -0.25) is 0 Å². The van der Waals surface area contributed by atoms with Gasteiger partial charge in [0.25, 0.3) is 0 Å². The molecule has 0 aromatic heterocycles. The van der Waals surface area contributed by atoms with Crippen molar-refractivity contribution in [1.29, 1.82) is 0 Å². The molecule has 0 heterocycles. The minimum absolute atomic E-state index is 0.280. The molecule has 3 aliphatic carbocycles. The highest BCUT2D eigenvalue weighted by Crippen LogP contribution is 2.74. The molecule has 2 heteroatoms. The molecule has 32 heavy (non-hydrogen) atoms. The second-order valence-corrected chi connectivity index (χ2v) is 9.42. The Morgan fingerprint density at radius 1 is 0.688 bits per heavy atom. The highest BCUT2D eigenvalue weighted by atomic mass is 16.5. The molecule has 0 saturated heterocycles. The van der Waals surface area contributed by atoms with E-state index >= 15 is 0 Å². The number of rotatable bonds is 9. The molecule has 0 aliphatic heterocycles. The van der Waals surface area contributed by atoms with Gasteiger partial charge in [-0.05, 0) is 59.6 Å². The SMILES string of the molecule is CC.OCC12CC(CCCOC(c3ccccc3)(c3ccccc3)c3ccccc3)(C1)C2. The molecule has 2 nitrogen and oxygen atoms in total. The molecule has 3 aromatic rings. The predicted octanol–water partition coefficient (Wildman–Crippen LogP) is 6.96. The Bertz CT molecular complexity index is 849. The van der Waals surface area contributed by atoms with Crippen molar-refractivity contribution < 1.29 is 9.84 Å². The Labute approximate surface area is 193 Å². The molecule has 168 valence electrons. The molecular formula is C30H36O2. The number of hydrogen-bond acceptors (Lipinski definition) is 2. The lowest BCUT2D eigenvalue weighted by Crippen LogP contribution is -2.63. The minimum Gasteiger partial charge on any atom is -0.396 e. The van der Waals surface area contributed by atoms with E-state index in [1.165, 1.54) is 25.7 Å². The number of aliphatic hydroxyl groups excluding tert-OH is 1. The first kappa shape index (κ1) is 22.8. The van der Waals surface area contributed by atoms with E-state index in [0.717, 1.165) is 23.1 Å². The topological polar surface area (TPSA) is 29.5 Å². The van der Waals surface area contributed by atoms with Gasteiger partial charge < -0.3 is 9.84 Å². The standard InChI is InChI=1S/C28H30O2.C2H6/c29-22-27-19-26(20-27,21-27)17-10-18-30-28(23-11-4-1-5-12-23,24-13-6-2-7-14-24)25-15-8-3-9-16-25;1-2/h1-9,11-16,29H,10,17-22H2;1-2H3. The Morgan fingerprint density at radius 3 is 1.47 bits per heavy atom. The van der Waals surface area contributed by atoms with E-state index in [-0.39, 0.29) is 5.41 Å². The van der Waals surface area contributed by atoms with Gasteiger partial charge in [-0.2, -0.15) is 0 Å². The average molecular weight is 429 g/mol. The summed E-state index contributed by atoms with van der Waals surface area (Å²) in [5, 5.41) is 9.53. The zero-order chi connectivity index (χ0) is 22.5. The third kappa shape index (κ3) is 4.02. The fourth-order valence-electron chi connectivity index (χ4n) is 6.11. The molecule has 0 atom stereocenters.